The standard InChI is InChI=1S/C12H16N4O3S/c1-2-4-13-12(17)10-6-15-11(7-14-10)16-9-3-5-20(18,19)8-9/h2,6-7,9H,1,3-5,8H2,(H,13,17)(H,15,16). The molecule has 0 radical (unpaired) electrons. The highest BCUT2D eigenvalue weighted by atomic mass is 32.2. The molecular weight excluding hydrogens is 280 g/mol. The number of nitrogens with one attached hydrogen (secondary N) is 2. The van der Waals surface area contributed by atoms with Gasteiger partial charge in [0.1, 0.15) is 11.5 Å². The summed E-state index contributed by atoms with van der Waals surface area (Å²) in [6, 6.07) is -0.144. The van der Waals surface area contributed by atoms with Crippen LogP contribution in [0.4, 0.5) is 5.82 Å². The molecule has 0 bridgehead atoms. The molecule has 2 heterocycles. The lowest BCUT2D eigenvalue weighted by Crippen LogP contribution is -2.25. The molecule has 2 rings (SSSR count). The molecule has 108 valence electrons. The number of sulfone groups is 1. The van der Waals surface area contributed by atoms with E-state index in [2.05, 4.69) is 27.2 Å². The molecule has 1 amide bonds. The van der Waals surface area contributed by atoms with Crippen molar-refractivity contribution in [2.45, 2.75) is 12.5 Å². The van der Waals surface area contributed by atoms with Gasteiger partial charge in [-0.3, -0.25) is 4.79 Å². The third-order valence-corrected chi connectivity index (χ3v) is 4.64. The predicted octanol–water partition coefficient (Wildman–Crippen LogP) is -0.00860. The van der Waals surface area contributed by atoms with Gasteiger partial charge in [-0.1, -0.05) is 6.08 Å². The fourth-order valence-electron chi connectivity index (χ4n) is 1.89. The predicted molar refractivity (Wildman–Crippen MR) is 75.2 cm³/mol. The van der Waals surface area contributed by atoms with E-state index in [0.717, 1.165) is 0 Å². The summed E-state index contributed by atoms with van der Waals surface area (Å²) < 4.78 is 22.7. The van der Waals surface area contributed by atoms with Gasteiger partial charge in [0, 0.05) is 12.6 Å². The molecule has 1 saturated heterocycles. The smallest absolute Gasteiger partial charge is 0.271 e. The van der Waals surface area contributed by atoms with Crippen molar-refractivity contribution in [1.29, 1.82) is 0 Å². The Kier molecular flexibility index (Phi) is 4.33. The van der Waals surface area contributed by atoms with Crippen molar-refractivity contribution in [3.63, 3.8) is 0 Å². The van der Waals surface area contributed by atoms with Gasteiger partial charge >= 0.3 is 0 Å². The van der Waals surface area contributed by atoms with Crippen molar-refractivity contribution in [2.75, 3.05) is 23.4 Å². The minimum absolute atomic E-state index is 0.107. The molecule has 0 aliphatic carbocycles. The average Bonchev–Trinajstić information content (AvgIpc) is 2.76. The second-order valence-corrected chi connectivity index (χ2v) is 6.76. The average molecular weight is 296 g/mol. The van der Waals surface area contributed by atoms with Crippen LogP contribution in [0.3, 0.4) is 0 Å². The Morgan fingerprint density at radius 3 is 2.80 bits per heavy atom. The van der Waals surface area contributed by atoms with Crippen molar-refractivity contribution in [1.82, 2.24) is 15.3 Å². The van der Waals surface area contributed by atoms with Gasteiger partial charge in [0.05, 0.1) is 23.9 Å². The molecular formula is C12H16N4O3S. The van der Waals surface area contributed by atoms with Gasteiger partial charge in [-0.05, 0) is 6.42 Å². The summed E-state index contributed by atoms with van der Waals surface area (Å²) in [7, 11) is -2.93. The number of hydrogen-bond donors (Lipinski definition) is 2. The highest BCUT2D eigenvalue weighted by Crippen LogP contribution is 2.15. The Morgan fingerprint density at radius 1 is 1.45 bits per heavy atom. The molecule has 8 heteroatoms. The Labute approximate surface area is 117 Å². The largest absolute Gasteiger partial charge is 0.365 e. The first-order valence-electron chi connectivity index (χ1n) is 6.18. The fraction of sp³-hybridized carbons (Fsp3) is 0.417. The topological polar surface area (TPSA) is 101 Å². The van der Waals surface area contributed by atoms with E-state index in [9.17, 15) is 13.2 Å². The van der Waals surface area contributed by atoms with Crippen LogP contribution in [0.2, 0.25) is 0 Å². The van der Waals surface area contributed by atoms with E-state index in [1.54, 1.807) is 6.08 Å². The maximum atomic E-state index is 11.6. The number of hydrogen-bond acceptors (Lipinski definition) is 6. The minimum Gasteiger partial charge on any atom is -0.365 e. The van der Waals surface area contributed by atoms with Gasteiger partial charge in [-0.25, -0.2) is 18.4 Å². The third-order valence-electron chi connectivity index (χ3n) is 2.88. The van der Waals surface area contributed by atoms with Crippen molar-refractivity contribution in [2.24, 2.45) is 0 Å². The van der Waals surface area contributed by atoms with E-state index in [4.69, 9.17) is 0 Å². The first-order valence-corrected chi connectivity index (χ1v) is 8.00. The lowest BCUT2D eigenvalue weighted by atomic mass is 10.3. The number of amides is 1. The van der Waals surface area contributed by atoms with Crippen LogP contribution in [0.25, 0.3) is 0 Å². The minimum atomic E-state index is -2.93. The van der Waals surface area contributed by atoms with Crippen LogP contribution >= 0.6 is 0 Å². The number of aromatic nitrogens is 2. The summed E-state index contributed by atoms with van der Waals surface area (Å²) >= 11 is 0. The summed E-state index contributed by atoms with van der Waals surface area (Å²) in [6.45, 7) is 3.86. The molecule has 1 aliphatic rings. The maximum Gasteiger partial charge on any atom is 0.271 e. The van der Waals surface area contributed by atoms with E-state index >= 15 is 0 Å². The molecule has 1 unspecified atom stereocenters. The summed E-state index contributed by atoms with van der Waals surface area (Å²) in [5.74, 6) is 0.441. The van der Waals surface area contributed by atoms with Crippen molar-refractivity contribution < 1.29 is 13.2 Å². The van der Waals surface area contributed by atoms with E-state index in [1.165, 1.54) is 12.4 Å². The van der Waals surface area contributed by atoms with Crippen LogP contribution in [0, 0.1) is 0 Å². The fourth-order valence-corrected chi connectivity index (χ4v) is 3.57. The number of carbonyl (C=O) groups is 1. The lowest BCUT2D eigenvalue weighted by molar-refractivity contribution is 0.0952. The van der Waals surface area contributed by atoms with E-state index in [1.807, 2.05) is 0 Å². The summed E-state index contributed by atoms with van der Waals surface area (Å²) in [5, 5.41) is 5.60. The molecule has 1 aromatic heterocycles. The first-order chi connectivity index (χ1) is 9.50. The van der Waals surface area contributed by atoms with Crippen molar-refractivity contribution in [3.8, 4) is 0 Å². The normalized spacial score (nSPS) is 20.3. The van der Waals surface area contributed by atoms with Crippen LogP contribution in [0.5, 0.6) is 0 Å². The van der Waals surface area contributed by atoms with Gasteiger partial charge in [0.25, 0.3) is 5.91 Å². The molecule has 1 aliphatic heterocycles. The molecule has 0 spiro atoms. The van der Waals surface area contributed by atoms with Gasteiger partial charge in [-0.2, -0.15) is 0 Å². The van der Waals surface area contributed by atoms with E-state index in [0.29, 0.717) is 18.8 Å². The number of rotatable bonds is 5. The number of carbonyl (C=O) groups excluding carboxylic acids is 1. The first kappa shape index (κ1) is 14.4. The van der Waals surface area contributed by atoms with Crippen LogP contribution in [-0.4, -0.2) is 48.4 Å². The van der Waals surface area contributed by atoms with Crippen LogP contribution in [-0.2, 0) is 9.84 Å². The Hall–Kier alpha value is -1.96. The SMILES string of the molecule is C=CCNC(=O)c1cnc(NC2CCS(=O)(=O)C2)cn1. The van der Waals surface area contributed by atoms with Gasteiger partial charge < -0.3 is 10.6 Å². The summed E-state index contributed by atoms with van der Waals surface area (Å²) in [5.41, 5.74) is 0.205. The van der Waals surface area contributed by atoms with Crippen LogP contribution < -0.4 is 10.6 Å². The lowest BCUT2D eigenvalue weighted by Gasteiger charge is -2.11. The van der Waals surface area contributed by atoms with Gasteiger partial charge in [0.2, 0.25) is 0 Å². The molecule has 2 N–H and O–H groups in total. The Balaban J connectivity index is 1.95. The quantitative estimate of drug-likeness (QED) is 0.741. The van der Waals surface area contributed by atoms with E-state index in [-0.39, 0.29) is 29.1 Å². The zero-order valence-electron chi connectivity index (χ0n) is 10.9. The Bertz CT molecular complexity index is 598. The number of nitrogens with zero attached hydrogens (tertiary/aromatic N) is 2. The second kappa shape index (κ2) is 6.00. The zero-order valence-corrected chi connectivity index (χ0v) is 11.7. The zero-order chi connectivity index (χ0) is 14.6. The van der Waals surface area contributed by atoms with E-state index < -0.39 is 9.84 Å². The highest BCUT2D eigenvalue weighted by molar-refractivity contribution is 7.91. The van der Waals surface area contributed by atoms with Crippen molar-refractivity contribution >= 4 is 21.6 Å². The molecule has 0 aromatic carbocycles. The molecule has 1 aromatic rings. The maximum absolute atomic E-state index is 11.6. The molecule has 7 nitrogen and oxygen atoms in total. The van der Waals surface area contributed by atoms with Gasteiger partial charge in [0.15, 0.2) is 9.84 Å². The van der Waals surface area contributed by atoms with Gasteiger partial charge in [-0.15, -0.1) is 6.58 Å². The molecule has 20 heavy (non-hydrogen) atoms. The van der Waals surface area contributed by atoms with Crippen molar-refractivity contribution in [3.05, 3.63) is 30.7 Å². The molecule has 0 saturated carbocycles. The second-order valence-electron chi connectivity index (χ2n) is 4.53. The number of anilines is 1. The van der Waals surface area contributed by atoms with Crippen LogP contribution in [0.15, 0.2) is 25.0 Å². The highest BCUT2D eigenvalue weighted by Gasteiger charge is 2.27. The van der Waals surface area contributed by atoms with Crippen LogP contribution in [0.1, 0.15) is 16.9 Å². The molecule has 1 fully saturated rings. The summed E-state index contributed by atoms with van der Waals surface area (Å²) in [6.07, 6.45) is 4.91. The third kappa shape index (κ3) is 3.77. The molecule has 1 atom stereocenters. The summed E-state index contributed by atoms with van der Waals surface area (Å²) in [4.78, 5) is 19.6. The Morgan fingerprint density at radius 2 is 2.25 bits per heavy atom. The monoisotopic (exact) mass is 296 g/mol.